The summed E-state index contributed by atoms with van der Waals surface area (Å²) >= 11 is 0. The number of hydrogen-bond acceptors (Lipinski definition) is 3. The van der Waals surface area contributed by atoms with Crippen LogP contribution in [-0.2, 0) is 12.8 Å². The van der Waals surface area contributed by atoms with Gasteiger partial charge in [-0.1, -0.05) is 0 Å². The second kappa shape index (κ2) is 4.37. The molecular weight excluding hydrogens is 226 g/mol. The monoisotopic (exact) mass is 243 g/mol. The molecule has 1 aromatic carbocycles. The molecule has 0 bridgehead atoms. The normalized spacial score (nSPS) is 14.3. The van der Waals surface area contributed by atoms with Gasteiger partial charge in [0.25, 0.3) is 0 Å². The largest absolute Gasteiger partial charge is 0.497 e. The van der Waals surface area contributed by atoms with Gasteiger partial charge in [-0.2, -0.15) is 5.10 Å². The highest BCUT2D eigenvalue weighted by atomic mass is 16.5. The predicted octanol–water partition coefficient (Wildman–Crippen LogP) is 2.34. The Kier molecular flexibility index (Phi) is 2.70. The van der Waals surface area contributed by atoms with Crippen molar-refractivity contribution in [3.63, 3.8) is 0 Å². The number of nitrogens with zero attached hydrogens (tertiary/aromatic N) is 2. The summed E-state index contributed by atoms with van der Waals surface area (Å²) in [4.78, 5) is 0. The predicted molar refractivity (Wildman–Crippen MR) is 71.2 cm³/mol. The zero-order valence-electron chi connectivity index (χ0n) is 10.5. The maximum atomic E-state index is 6.20. The molecule has 1 aromatic heterocycles. The molecule has 18 heavy (non-hydrogen) atoms. The Morgan fingerprint density at radius 2 is 1.89 bits per heavy atom. The Morgan fingerprint density at radius 3 is 2.56 bits per heavy atom. The molecule has 4 nitrogen and oxygen atoms in total. The van der Waals surface area contributed by atoms with E-state index in [-0.39, 0.29) is 0 Å². The summed E-state index contributed by atoms with van der Waals surface area (Å²) < 4.78 is 7.00. The van der Waals surface area contributed by atoms with Crippen LogP contribution in [0.4, 0.5) is 5.82 Å². The molecule has 0 fully saturated rings. The maximum absolute atomic E-state index is 6.20. The molecule has 1 aliphatic rings. The Hall–Kier alpha value is -1.97. The molecule has 1 heterocycles. The van der Waals surface area contributed by atoms with Gasteiger partial charge >= 0.3 is 0 Å². The molecule has 0 aliphatic heterocycles. The fourth-order valence-electron chi connectivity index (χ4n) is 2.50. The van der Waals surface area contributed by atoms with Gasteiger partial charge in [-0.3, -0.25) is 0 Å². The molecule has 0 radical (unpaired) electrons. The number of aryl methyl sites for hydroxylation is 1. The highest BCUT2D eigenvalue weighted by Gasteiger charge is 2.19. The van der Waals surface area contributed by atoms with Crippen molar-refractivity contribution in [2.45, 2.75) is 25.7 Å². The lowest BCUT2D eigenvalue weighted by Crippen LogP contribution is -2.03. The van der Waals surface area contributed by atoms with Gasteiger partial charge in [0, 0.05) is 5.56 Å². The summed E-state index contributed by atoms with van der Waals surface area (Å²) in [6.45, 7) is 0. The lowest BCUT2D eigenvalue weighted by atomic mass is 9.98. The number of nitrogen functional groups attached to an aromatic ring is 1. The van der Waals surface area contributed by atoms with Crippen LogP contribution in [0.15, 0.2) is 24.3 Å². The molecule has 0 saturated carbocycles. The first-order valence-corrected chi connectivity index (χ1v) is 6.30. The van der Waals surface area contributed by atoms with E-state index in [9.17, 15) is 0 Å². The minimum absolute atomic E-state index is 0.787. The van der Waals surface area contributed by atoms with E-state index in [1.54, 1.807) is 7.11 Å². The minimum atomic E-state index is 0.787. The quantitative estimate of drug-likeness (QED) is 0.880. The molecule has 2 N–H and O–H groups in total. The van der Waals surface area contributed by atoms with E-state index in [1.165, 1.54) is 18.4 Å². The summed E-state index contributed by atoms with van der Waals surface area (Å²) in [5.41, 5.74) is 9.58. The van der Waals surface area contributed by atoms with E-state index in [0.717, 1.165) is 35.8 Å². The van der Waals surface area contributed by atoms with Crippen LogP contribution in [0, 0.1) is 0 Å². The molecule has 4 heteroatoms. The molecule has 0 saturated heterocycles. The van der Waals surface area contributed by atoms with Crippen LogP contribution in [-0.4, -0.2) is 16.9 Å². The van der Waals surface area contributed by atoms with Gasteiger partial charge in [-0.25, -0.2) is 4.68 Å². The van der Waals surface area contributed by atoms with Gasteiger partial charge in [0.2, 0.25) is 0 Å². The number of nitrogens with two attached hydrogens (primary N) is 1. The molecule has 1 aliphatic carbocycles. The molecular formula is C14H17N3O. The molecule has 0 spiro atoms. The van der Waals surface area contributed by atoms with Crippen LogP contribution >= 0.6 is 0 Å². The lowest BCUT2D eigenvalue weighted by molar-refractivity contribution is 0.414. The van der Waals surface area contributed by atoms with Crippen molar-refractivity contribution in [2.75, 3.05) is 12.8 Å². The average Bonchev–Trinajstić information content (AvgIpc) is 2.77. The van der Waals surface area contributed by atoms with Gasteiger partial charge < -0.3 is 10.5 Å². The number of ether oxygens (including phenoxy) is 1. The Morgan fingerprint density at radius 1 is 1.17 bits per heavy atom. The first-order chi connectivity index (χ1) is 8.79. The summed E-state index contributed by atoms with van der Waals surface area (Å²) in [5, 5.41) is 4.63. The average molecular weight is 243 g/mol. The molecule has 2 aromatic rings. The van der Waals surface area contributed by atoms with Crippen LogP contribution in [0.5, 0.6) is 5.75 Å². The second-order valence-corrected chi connectivity index (χ2v) is 4.63. The van der Waals surface area contributed by atoms with Crippen LogP contribution in [0.2, 0.25) is 0 Å². The molecule has 0 atom stereocenters. The van der Waals surface area contributed by atoms with Crippen LogP contribution in [0.3, 0.4) is 0 Å². The number of rotatable bonds is 2. The second-order valence-electron chi connectivity index (χ2n) is 4.63. The van der Waals surface area contributed by atoms with Gasteiger partial charge in [0.05, 0.1) is 18.5 Å². The summed E-state index contributed by atoms with van der Waals surface area (Å²) in [6, 6.07) is 7.81. The smallest absolute Gasteiger partial charge is 0.130 e. The highest BCUT2D eigenvalue weighted by molar-refractivity contribution is 5.51. The van der Waals surface area contributed by atoms with Gasteiger partial charge in [-0.05, 0) is 49.9 Å². The third-order valence-electron chi connectivity index (χ3n) is 3.51. The summed E-state index contributed by atoms with van der Waals surface area (Å²) in [5.74, 6) is 1.63. The van der Waals surface area contributed by atoms with E-state index in [4.69, 9.17) is 10.5 Å². The maximum Gasteiger partial charge on any atom is 0.130 e. The Bertz CT molecular complexity index is 557. The molecule has 0 unspecified atom stereocenters. The third-order valence-corrected chi connectivity index (χ3v) is 3.51. The number of benzene rings is 1. The van der Waals surface area contributed by atoms with Gasteiger partial charge in [0.1, 0.15) is 11.6 Å². The SMILES string of the molecule is COc1ccc(-n2nc3c(c2N)CCCC3)cc1. The van der Waals surface area contributed by atoms with E-state index in [2.05, 4.69) is 5.10 Å². The van der Waals surface area contributed by atoms with E-state index < -0.39 is 0 Å². The van der Waals surface area contributed by atoms with Crippen molar-refractivity contribution in [1.29, 1.82) is 0 Å². The number of fused-ring (bicyclic) bond motifs is 1. The zero-order chi connectivity index (χ0) is 12.5. The molecule has 94 valence electrons. The van der Waals surface area contributed by atoms with Crippen LogP contribution < -0.4 is 10.5 Å². The van der Waals surface area contributed by atoms with Crippen molar-refractivity contribution in [2.24, 2.45) is 0 Å². The van der Waals surface area contributed by atoms with E-state index >= 15 is 0 Å². The number of anilines is 1. The third kappa shape index (κ3) is 1.74. The van der Waals surface area contributed by atoms with Crippen molar-refractivity contribution < 1.29 is 4.74 Å². The van der Waals surface area contributed by atoms with Crippen LogP contribution in [0.25, 0.3) is 5.69 Å². The summed E-state index contributed by atoms with van der Waals surface area (Å²) in [7, 11) is 1.66. The summed E-state index contributed by atoms with van der Waals surface area (Å²) in [6.07, 6.45) is 4.53. The molecule has 0 amide bonds. The van der Waals surface area contributed by atoms with Crippen molar-refractivity contribution >= 4 is 5.82 Å². The van der Waals surface area contributed by atoms with E-state index in [0.29, 0.717) is 0 Å². The number of aromatic nitrogens is 2. The number of methoxy groups -OCH3 is 1. The number of hydrogen-bond donors (Lipinski definition) is 1. The van der Waals surface area contributed by atoms with Gasteiger partial charge in [0.15, 0.2) is 0 Å². The fourth-order valence-corrected chi connectivity index (χ4v) is 2.50. The van der Waals surface area contributed by atoms with Gasteiger partial charge in [-0.15, -0.1) is 0 Å². The van der Waals surface area contributed by atoms with Crippen molar-refractivity contribution in [3.8, 4) is 11.4 Å². The standard InChI is InChI=1S/C14H17N3O/c1-18-11-8-6-10(7-9-11)17-14(15)12-4-2-3-5-13(12)16-17/h6-9H,2-5,15H2,1H3. The Labute approximate surface area is 106 Å². The topological polar surface area (TPSA) is 53.1 Å². The highest BCUT2D eigenvalue weighted by Crippen LogP contribution is 2.28. The Balaban J connectivity index is 2.02. The van der Waals surface area contributed by atoms with E-state index in [1.807, 2.05) is 28.9 Å². The van der Waals surface area contributed by atoms with Crippen molar-refractivity contribution in [3.05, 3.63) is 35.5 Å². The first kappa shape index (κ1) is 11.1. The van der Waals surface area contributed by atoms with Crippen LogP contribution in [0.1, 0.15) is 24.1 Å². The molecule has 3 rings (SSSR count). The first-order valence-electron chi connectivity index (χ1n) is 6.30. The zero-order valence-corrected chi connectivity index (χ0v) is 10.5. The minimum Gasteiger partial charge on any atom is -0.497 e. The fraction of sp³-hybridized carbons (Fsp3) is 0.357. The van der Waals surface area contributed by atoms with Crippen molar-refractivity contribution in [1.82, 2.24) is 9.78 Å². The lowest BCUT2D eigenvalue weighted by Gasteiger charge is -2.08.